The topological polar surface area (TPSA) is 98.9 Å². The van der Waals surface area contributed by atoms with E-state index in [-0.39, 0.29) is 17.5 Å². The van der Waals surface area contributed by atoms with Crippen molar-refractivity contribution in [1.29, 1.82) is 0 Å². The molecule has 1 fully saturated rings. The molecule has 0 bridgehead atoms. The van der Waals surface area contributed by atoms with Gasteiger partial charge in [-0.05, 0) is 32.5 Å². The summed E-state index contributed by atoms with van der Waals surface area (Å²) in [4.78, 5) is 33.2. The lowest BCUT2D eigenvalue weighted by Crippen LogP contribution is -2.42. The number of likely N-dealkylation sites (tertiary alicyclic amines) is 1. The molecule has 0 radical (unpaired) electrons. The Balaban J connectivity index is 1.76. The van der Waals surface area contributed by atoms with E-state index in [0.29, 0.717) is 25.6 Å². The van der Waals surface area contributed by atoms with E-state index >= 15 is 0 Å². The van der Waals surface area contributed by atoms with Crippen molar-refractivity contribution in [2.45, 2.75) is 37.8 Å². The lowest BCUT2D eigenvalue weighted by Gasteiger charge is -2.28. The highest BCUT2D eigenvalue weighted by molar-refractivity contribution is 5.92. The van der Waals surface area contributed by atoms with Crippen molar-refractivity contribution in [2.75, 3.05) is 33.8 Å². The second-order valence-corrected chi connectivity index (χ2v) is 7.90. The fourth-order valence-electron chi connectivity index (χ4n) is 3.72. The lowest BCUT2D eigenvalue weighted by atomic mass is 10.1. The van der Waals surface area contributed by atoms with Crippen LogP contribution in [0, 0.1) is 0 Å². The molecule has 2 heterocycles. The monoisotopic (exact) mass is 414 g/mol. The van der Waals surface area contributed by atoms with Gasteiger partial charge in [0.15, 0.2) is 5.69 Å². The Labute approximate surface area is 176 Å². The number of hydrogen-bond acceptors (Lipinski definition) is 6. The van der Waals surface area contributed by atoms with Gasteiger partial charge in [0.25, 0.3) is 5.91 Å². The van der Waals surface area contributed by atoms with Crippen molar-refractivity contribution in [3.05, 3.63) is 53.7 Å². The first-order chi connectivity index (χ1) is 14.5. The first-order valence-electron chi connectivity index (χ1n) is 10.3. The molecule has 0 spiro atoms. The van der Waals surface area contributed by atoms with Gasteiger partial charge in [0.2, 0.25) is 11.8 Å². The lowest BCUT2D eigenvalue weighted by molar-refractivity contribution is -0.124. The Morgan fingerprint density at radius 2 is 2.07 bits per heavy atom. The number of carbonyl (C=O) groups excluding carboxylic acids is 2. The standard InChI is InChI=1S/C22H30N4O4/c1-25(2)17-10-6-7-11-26(13-17)22(29)19-15-30-21(24-19)18(23-20(28)14-27)12-16-8-4-3-5-9-16/h3-5,8-9,15,17-18,27H,6-7,10-14H2,1-2H3,(H,23,28)/t17-,18+/m0/s1. The van der Waals surface area contributed by atoms with Crippen LogP contribution in [-0.4, -0.2) is 71.5 Å². The number of benzene rings is 1. The summed E-state index contributed by atoms with van der Waals surface area (Å²) in [6, 6.07) is 9.34. The quantitative estimate of drug-likeness (QED) is 0.714. The van der Waals surface area contributed by atoms with Crippen molar-refractivity contribution in [1.82, 2.24) is 20.1 Å². The molecule has 1 aromatic carbocycles. The van der Waals surface area contributed by atoms with Gasteiger partial charge < -0.3 is 24.6 Å². The van der Waals surface area contributed by atoms with E-state index in [9.17, 15) is 9.59 Å². The van der Waals surface area contributed by atoms with Gasteiger partial charge >= 0.3 is 0 Å². The Kier molecular flexibility index (Phi) is 7.59. The van der Waals surface area contributed by atoms with Gasteiger partial charge in [0.05, 0.1) is 0 Å². The van der Waals surface area contributed by atoms with Gasteiger partial charge in [-0.1, -0.05) is 36.8 Å². The third-order valence-corrected chi connectivity index (χ3v) is 5.46. The number of likely N-dealkylation sites (N-methyl/N-ethyl adjacent to an activating group) is 1. The molecule has 2 amide bonds. The van der Waals surface area contributed by atoms with Crippen molar-refractivity contribution >= 4 is 11.8 Å². The minimum atomic E-state index is -0.627. The molecule has 30 heavy (non-hydrogen) atoms. The molecular weight excluding hydrogens is 384 g/mol. The summed E-state index contributed by atoms with van der Waals surface area (Å²) in [7, 11) is 4.07. The highest BCUT2D eigenvalue weighted by Crippen LogP contribution is 2.21. The van der Waals surface area contributed by atoms with Gasteiger partial charge in [-0.15, -0.1) is 0 Å². The van der Waals surface area contributed by atoms with E-state index in [0.717, 1.165) is 24.8 Å². The van der Waals surface area contributed by atoms with Crippen LogP contribution in [0.2, 0.25) is 0 Å². The zero-order valence-electron chi connectivity index (χ0n) is 17.6. The molecule has 1 aliphatic heterocycles. The number of rotatable bonds is 7. The summed E-state index contributed by atoms with van der Waals surface area (Å²) < 4.78 is 5.60. The maximum atomic E-state index is 13.1. The van der Waals surface area contributed by atoms with Gasteiger partial charge in [0, 0.05) is 25.6 Å². The summed E-state index contributed by atoms with van der Waals surface area (Å²) in [5, 5.41) is 11.8. The normalized spacial score (nSPS) is 18.1. The molecule has 0 aliphatic carbocycles. The summed E-state index contributed by atoms with van der Waals surface area (Å²) >= 11 is 0. The first-order valence-corrected chi connectivity index (χ1v) is 10.3. The number of carbonyl (C=O) groups is 2. The average Bonchev–Trinajstić information content (AvgIpc) is 3.10. The molecule has 2 N–H and O–H groups in total. The first kappa shape index (κ1) is 22.0. The van der Waals surface area contributed by atoms with Crippen LogP contribution in [0.1, 0.15) is 47.2 Å². The van der Waals surface area contributed by atoms with Gasteiger partial charge in [-0.25, -0.2) is 4.98 Å². The molecule has 0 saturated carbocycles. The smallest absolute Gasteiger partial charge is 0.275 e. The van der Waals surface area contributed by atoms with Crippen LogP contribution in [0.15, 0.2) is 41.0 Å². The maximum absolute atomic E-state index is 13.1. The Bertz CT molecular complexity index is 837. The van der Waals surface area contributed by atoms with Crippen LogP contribution in [0.4, 0.5) is 0 Å². The number of aliphatic hydroxyl groups excluding tert-OH is 1. The van der Waals surface area contributed by atoms with Crippen LogP contribution in [-0.2, 0) is 11.2 Å². The molecular formula is C22H30N4O4. The van der Waals surface area contributed by atoms with E-state index in [1.165, 1.54) is 6.26 Å². The molecule has 0 unspecified atom stereocenters. The van der Waals surface area contributed by atoms with Crippen LogP contribution in [0.3, 0.4) is 0 Å². The number of aromatic nitrogens is 1. The third-order valence-electron chi connectivity index (χ3n) is 5.46. The number of nitrogens with one attached hydrogen (secondary N) is 1. The van der Waals surface area contributed by atoms with Gasteiger partial charge in [-0.2, -0.15) is 0 Å². The molecule has 8 nitrogen and oxygen atoms in total. The Morgan fingerprint density at radius 1 is 1.30 bits per heavy atom. The molecule has 3 rings (SSSR count). The number of amides is 2. The van der Waals surface area contributed by atoms with Crippen LogP contribution < -0.4 is 5.32 Å². The number of oxazole rings is 1. The second-order valence-electron chi connectivity index (χ2n) is 7.90. The molecule has 1 aliphatic rings. The third kappa shape index (κ3) is 5.67. The van der Waals surface area contributed by atoms with Crippen molar-refractivity contribution in [3.8, 4) is 0 Å². The van der Waals surface area contributed by atoms with E-state index in [4.69, 9.17) is 9.52 Å². The van der Waals surface area contributed by atoms with Crippen molar-refractivity contribution in [3.63, 3.8) is 0 Å². The fourth-order valence-corrected chi connectivity index (χ4v) is 3.72. The number of hydrogen-bond donors (Lipinski definition) is 2. The Hall–Kier alpha value is -2.71. The zero-order valence-corrected chi connectivity index (χ0v) is 17.6. The number of aliphatic hydroxyl groups is 1. The summed E-state index contributed by atoms with van der Waals surface area (Å²) in [6.07, 6.45) is 4.91. The Morgan fingerprint density at radius 3 is 2.77 bits per heavy atom. The highest BCUT2D eigenvalue weighted by atomic mass is 16.3. The highest BCUT2D eigenvalue weighted by Gasteiger charge is 2.28. The maximum Gasteiger partial charge on any atom is 0.275 e. The summed E-state index contributed by atoms with van der Waals surface area (Å²) in [5.74, 6) is -0.433. The van der Waals surface area contributed by atoms with E-state index in [1.54, 1.807) is 0 Å². The van der Waals surface area contributed by atoms with Crippen molar-refractivity contribution in [2.24, 2.45) is 0 Å². The van der Waals surface area contributed by atoms with E-state index in [2.05, 4.69) is 15.2 Å². The number of nitrogens with zero attached hydrogens (tertiary/aromatic N) is 3. The molecule has 162 valence electrons. The van der Waals surface area contributed by atoms with Gasteiger partial charge in [0.1, 0.15) is 18.9 Å². The summed E-state index contributed by atoms with van der Waals surface area (Å²) in [6.45, 7) is 0.722. The molecule has 2 aromatic rings. The fraction of sp³-hybridized carbons (Fsp3) is 0.500. The average molecular weight is 415 g/mol. The van der Waals surface area contributed by atoms with E-state index in [1.807, 2.05) is 49.3 Å². The second kappa shape index (κ2) is 10.4. The van der Waals surface area contributed by atoms with Crippen LogP contribution >= 0.6 is 0 Å². The molecule has 2 atom stereocenters. The predicted molar refractivity (Wildman–Crippen MR) is 112 cm³/mol. The minimum absolute atomic E-state index is 0.161. The predicted octanol–water partition coefficient (Wildman–Crippen LogP) is 1.62. The largest absolute Gasteiger partial charge is 0.446 e. The molecule has 8 heteroatoms. The van der Waals surface area contributed by atoms with Crippen LogP contribution in [0.25, 0.3) is 0 Å². The van der Waals surface area contributed by atoms with Crippen molar-refractivity contribution < 1.29 is 19.1 Å². The minimum Gasteiger partial charge on any atom is -0.446 e. The van der Waals surface area contributed by atoms with Crippen LogP contribution in [0.5, 0.6) is 0 Å². The van der Waals surface area contributed by atoms with E-state index < -0.39 is 18.6 Å². The molecule has 1 saturated heterocycles. The SMILES string of the molecule is CN(C)[C@H]1CCCCN(C(=O)c2coc([C@@H](Cc3ccccc3)NC(=O)CO)n2)C1. The van der Waals surface area contributed by atoms with Gasteiger partial charge in [-0.3, -0.25) is 9.59 Å². The molecule has 1 aromatic heterocycles. The summed E-state index contributed by atoms with van der Waals surface area (Å²) in [5.41, 5.74) is 1.22. The zero-order chi connectivity index (χ0) is 21.5.